The average molecular weight is 441 g/mol. The van der Waals surface area contributed by atoms with Crippen molar-refractivity contribution in [1.82, 2.24) is 18.6 Å². The van der Waals surface area contributed by atoms with E-state index in [9.17, 15) is 17.2 Å². The molecule has 0 saturated carbocycles. The lowest BCUT2D eigenvalue weighted by Crippen LogP contribution is -2.41. The van der Waals surface area contributed by atoms with E-state index in [1.165, 1.54) is 49.6 Å². The van der Waals surface area contributed by atoms with E-state index >= 15 is 0 Å². The van der Waals surface area contributed by atoms with E-state index in [4.69, 9.17) is 11.6 Å². The van der Waals surface area contributed by atoms with Gasteiger partial charge in [-0.15, -0.1) is 0 Å². The molecular formula is C19H19ClF2N4O2S. The number of halogens is 3. The first-order chi connectivity index (χ1) is 13.7. The van der Waals surface area contributed by atoms with E-state index in [-0.39, 0.29) is 22.7 Å². The SMILES string of the molecule is CN(Cc1c(F)cccc1Cl)S(=O)(=O)NC(c1ccccc1F)c1nccn1C. The molecule has 0 radical (unpaired) electrons. The zero-order valence-corrected chi connectivity index (χ0v) is 17.3. The van der Waals surface area contributed by atoms with Crippen LogP contribution in [0.4, 0.5) is 8.78 Å². The van der Waals surface area contributed by atoms with Gasteiger partial charge in [-0.1, -0.05) is 35.9 Å². The summed E-state index contributed by atoms with van der Waals surface area (Å²) in [6.45, 7) is -0.300. The quantitative estimate of drug-likeness (QED) is 0.612. The lowest BCUT2D eigenvalue weighted by molar-refractivity contribution is 0.437. The predicted molar refractivity (Wildman–Crippen MR) is 106 cm³/mol. The topological polar surface area (TPSA) is 67.2 Å². The number of nitrogens with zero attached hydrogens (tertiary/aromatic N) is 3. The second-order valence-electron chi connectivity index (χ2n) is 6.43. The van der Waals surface area contributed by atoms with Gasteiger partial charge in [0, 0.05) is 49.2 Å². The largest absolute Gasteiger partial charge is 0.336 e. The zero-order valence-electron chi connectivity index (χ0n) is 15.7. The summed E-state index contributed by atoms with van der Waals surface area (Å²) in [5.74, 6) is -0.895. The Labute approximate surface area is 172 Å². The third-order valence-corrected chi connectivity index (χ3v) is 6.29. The van der Waals surface area contributed by atoms with Crippen LogP contribution in [0.3, 0.4) is 0 Å². The van der Waals surface area contributed by atoms with Crippen LogP contribution in [0.1, 0.15) is 23.0 Å². The van der Waals surface area contributed by atoms with Gasteiger partial charge in [0.2, 0.25) is 0 Å². The molecule has 0 aliphatic rings. The molecule has 0 saturated heterocycles. The molecule has 1 atom stereocenters. The minimum Gasteiger partial charge on any atom is -0.336 e. The van der Waals surface area contributed by atoms with Crippen molar-refractivity contribution in [2.45, 2.75) is 12.6 Å². The normalized spacial score (nSPS) is 13.0. The summed E-state index contributed by atoms with van der Waals surface area (Å²) in [5.41, 5.74) is 0.157. The molecule has 6 nitrogen and oxygen atoms in total. The van der Waals surface area contributed by atoms with Crippen LogP contribution in [0, 0.1) is 11.6 Å². The molecule has 2 aromatic carbocycles. The van der Waals surface area contributed by atoms with Gasteiger partial charge in [0.15, 0.2) is 0 Å². The molecule has 0 bridgehead atoms. The van der Waals surface area contributed by atoms with Crippen LogP contribution in [-0.4, -0.2) is 29.3 Å². The van der Waals surface area contributed by atoms with Gasteiger partial charge in [-0.25, -0.2) is 13.8 Å². The Bertz CT molecular complexity index is 1100. The summed E-state index contributed by atoms with van der Waals surface area (Å²) in [6.07, 6.45) is 3.11. The molecule has 1 heterocycles. The number of hydrogen-bond donors (Lipinski definition) is 1. The molecule has 0 aliphatic heterocycles. The first-order valence-electron chi connectivity index (χ1n) is 8.59. The first-order valence-corrected chi connectivity index (χ1v) is 10.4. The number of rotatable bonds is 7. The molecule has 154 valence electrons. The van der Waals surface area contributed by atoms with Gasteiger partial charge in [-0.2, -0.15) is 17.4 Å². The third-order valence-electron chi connectivity index (χ3n) is 4.45. The molecule has 1 aromatic heterocycles. The molecule has 0 spiro atoms. The van der Waals surface area contributed by atoms with Gasteiger partial charge >= 0.3 is 0 Å². The Balaban J connectivity index is 1.94. The minimum atomic E-state index is -4.16. The number of aryl methyl sites for hydroxylation is 1. The summed E-state index contributed by atoms with van der Waals surface area (Å²) in [6, 6.07) is 8.85. The maximum absolute atomic E-state index is 14.4. The molecule has 0 fully saturated rings. The van der Waals surface area contributed by atoms with Crippen LogP contribution in [0.2, 0.25) is 5.02 Å². The van der Waals surface area contributed by atoms with Gasteiger partial charge in [-0.3, -0.25) is 0 Å². The van der Waals surface area contributed by atoms with Crippen LogP contribution in [0.5, 0.6) is 0 Å². The molecule has 1 N–H and O–H groups in total. The Morgan fingerprint density at radius 1 is 1.17 bits per heavy atom. The van der Waals surface area contributed by atoms with Crippen molar-refractivity contribution in [1.29, 1.82) is 0 Å². The minimum absolute atomic E-state index is 0.0430. The van der Waals surface area contributed by atoms with Crippen LogP contribution < -0.4 is 4.72 Å². The van der Waals surface area contributed by atoms with E-state index in [1.54, 1.807) is 23.9 Å². The molecule has 3 rings (SSSR count). The van der Waals surface area contributed by atoms with E-state index in [2.05, 4.69) is 9.71 Å². The Morgan fingerprint density at radius 2 is 1.86 bits per heavy atom. The lowest BCUT2D eigenvalue weighted by atomic mass is 10.1. The van der Waals surface area contributed by atoms with Crippen LogP contribution in [0.25, 0.3) is 0 Å². The van der Waals surface area contributed by atoms with E-state index in [0.717, 1.165) is 4.31 Å². The molecule has 29 heavy (non-hydrogen) atoms. The fourth-order valence-corrected chi connectivity index (χ4v) is 4.08. The number of aromatic nitrogens is 2. The second-order valence-corrected chi connectivity index (χ2v) is 8.65. The third kappa shape index (κ3) is 4.64. The van der Waals surface area contributed by atoms with E-state index in [0.29, 0.717) is 5.82 Å². The molecule has 0 aliphatic carbocycles. The lowest BCUT2D eigenvalue weighted by Gasteiger charge is -2.24. The number of hydrogen-bond acceptors (Lipinski definition) is 3. The summed E-state index contributed by atoms with van der Waals surface area (Å²) < 4.78 is 59.4. The van der Waals surface area contributed by atoms with Gasteiger partial charge in [-0.05, 0) is 18.2 Å². The van der Waals surface area contributed by atoms with Gasteiger partial charge < -0.3 is 4.57 Å². The molecule has 1 unspecified atom stereocenters. The number of nitrogens with one attached hydrogen (secondary N) is 1. The van der Waals surface area contributed by atoms with Gasteiger partial charge in [0.05, 0.1) is 0 Å². The Morgan fingerprint density at radius 3 is 2.48 bits per heavy atom. The monoisotopic (exact) mass is 440 g/mol. The highest BCUT2D eigenvalue weighted by molar-refractivity contribution is 7.87. The first kappa shape index (κ1) is 21.4. The van der Waals surface area contributed by atoms with E-state index in [1.807, 2.05) is 0 Å². The van der Waals surface area contributed by atoms with Gasteiger partial charge in [0.1, 0.15) is 23.5 Å². The van der Waals surface area contributed by atoms with Crippen LogP contribution >= 0.6 is 11.6 Å². The molecule has 0 amide bonds. The average Bonchev–Trinajstić information content (AvgIpc) is 3.09. The van der Waals surface area contributed by atoms with Crippen molar-refractivity contribution in [3.8, 4) is 0 Å². The fourth-order valence-electron chi connectivity index (χ4n) is 2.85. The highest BCUT2D eigenvalue weighted by atomic mass is 35.5. The van der Waals surface area contributed by atoms with Crippen LogP contribution in [-0.2, 0) is 23.8 Å². The smallest absolute Gasteiger partial charge is 0.280 e. The number of imidazole rings is 1. The maximum Gasteiger partial charge on any atom is 0.280 e. The predicted octanol–water partition coefficient (Wildman–Crippen LogP) is 3.41. The fraction of sp³-hybridized carbons (Fsp3) is 0.211. The maximum atomic E-state index is 14.4. The number of benzene rings is 2. The summed E-state index contributed by atoms with van der Waals surface area (Å²) >= 11 is 6.00. The molecule has 10 heteroatoms. The highest BCUT2D eigenvalue weighted by Gasteiger charge is 2.29. The van der Waals surface area contributed by atoms with Crippen molar-refractivity contribution >= 4 is 21.8 Å². The van der Waals surface area contributed by atoms with Crippen molar-refractivity contribution in [2.24, 2.45) is 7.05 Å². The Hall–Kier alpha value is -2.33. The van der Waals surface area contributed by atoms with E-state index < -0.39 is 27.9 Å². The molecule has 3 aromatic rings. The standard InChI is InChI=1S/C19H19ClF2N4O2S/c1-25-11-10-23-19(25)18(13-6-3-4-8-16(13)21)24-29(27,28)26(2)12-14-15(20)7-5-9-17(14)22/h3-11,18,24H,12H2,1-2H3. The highest BCUT2D eigenvalue weighted by Crippen LogP contribution is 2.26. The van der Waals surface area contributed by atoms with Crippen LogP contribution in [0.15, 0.2) is 54.9 Å². The van der Waals surface area contributed by atoms with Gasteiger partial charge in [0.25, 0.3) is 10.2 Å². The summed E-state index contributed by atoms with van der Waals surface area (Å²) in [7, 11) is -1.21. The van der Waals surface area contributed by atoms with Crippen molar-refractivity contribution in [3.63, 3.8) is 0 Å². The summed E-state index contributed by atoms with van der Waals surface area (Å²) in [5, 5.41) is 0.113. The summed E-state index contributed by atoms with van der Waals surface area (Å²) in [4.78, 5) is 4.16. The zero-order chi connectivity index (χ0) is 21.2. The second kappa shape index (κ2) is 8.58. The van der Waals surface area contributed by atoms with Crippen molar-refractivity contribution < 1.29 is 17.2 Å². The van der Waals surface area contributed by atoms with Crippen molar-refractivity contribution in [3.05, 3.63) is 88.5 Å². The van der Waals surface area contributed by atoms with Crippen molar-refractivity contribution in [2.75, 3.05) is 7.05 Å². The molecular weight excluding hydrogens is 422 g/mol. The Kier molecular flexibility index (Phi) is 6.33.